The predicted octanol–water partition coefficient (Wildman–Crippen LogP) is 3.03. The quantitative estimate of drug-likeness (QED) is 0.344. The standard InChI is InChI=1S/C18H14FN5O4S2/c19-16-4-2-1-3-15(16)17-21-18-23(22-17)13(11-29-18)9-10-20-30(27,28)14-7-5-12(6-8-14)24(25)26/h1-8,11,20H,9-10H2. The molecule has 0 saturated heterocycles. The summed E-state index contributed by atoms with van der Waals surface area (Å²) in [7, 11) is -3.82. The van der Waals surface area contributed by atoms with E-state index < -0.39 is 20.8 Å². The Bertz CT molecular complexity index is 1330. The third-order valence-electron chi connectivity index (χ3n) is 4.30. The third kappa shape index (κ3) is 3.92. The summed E-state index contributed by atoms with van der Waals surface area (Å²) in [5, 5.41) is 16.8. The van der Waals surface area contributed by atoms with Crippen LogP contribution in [0.3, 0.4) is 0 Å². The molecule has 0 radical (unpaired) electrons. The Hall–Kier alpha value is -3.22. The molecule has 0 bridgehead atoms. The molecular weight excluding hydrogens is 433 g/mol. The van der Waals surface area contributed by atoms with Crippen LogP contribution in [0.2, 0.25) is 0 Å². The molecule has 9 nitrogen and oxygen atoms in total. The number of thiazole rings is 1. The smallest absolute Gasteiger partial charge is 0.258 e. The second-order valence-electron chi connectivity index (χ2n) is 6.24. The van der Waals surface area contributed by atoms with Crippen molar-refractivity contribution in [2.24, 2.45) is 0 Å². The Morgan fingerprint density at radius 2 is 1.90 bits per heavy atom. The number of nitro groups is 1. The topological polar surface area (TPSA) is 120 Å². The molecule has 1 N–H and O–H groups in total. The molecule has 2 aromatic heterocycles. The van der Waals surface area contributed by atoms with Gasteiger partial charge >= 0.3 is 0 Å². The number of non-ortho nitro benzene ring substituents is 1. The highest BCUT2D eigenvalue weighted by Gasteiger charge is 2.17. The molecule has 0 amide bonds. The molecule has 4 aromatic rings. The Kier molecular flexibility index (Phi) is 5.28. The molecule has 30 heavy (non-hydrogen) atoms. The van der Waals surface area contributed by atoms with Crippen molar-refractivity contribution in [2.45, 2.75) is 11.3 Å². The second-order valence-corrected chi connectivity index (χ2v) is 8.84. The van der Waals surface area contributed by atoms with Crippen LogP contribution in [-0.4, -0.2) is 34.5 Å². The number of hydrogen-bond donors (Lipinski definition) is 1. The van der Waals surface area contributed by atoms with Crippen molar-refractivity contribution < 1.29 is 17.7 Å². The van der Waals surface area contributed by atoms with E-state index in [2.05, 4.69) is 14.8 Å². The largest absolute Gasteiger partial charge is 0.269 e. The fourth-order valence-electron chi connectivity index (χ4n) is 2.80. The van der Waals surface area contributed by atoms with Gasteiger partial charge in [-0.25, -0.2) is 22.0 Å². The minimum Gasteiger partial charge on any atom is -0.258 e. The fourth-order valence-corrected chi connectivity index (χ4v) is 4.69. The zero-order valence-electron chi connectivity index (χ0n) is 15.2. The number of rotatable bonds is 7. The molecule has 0 unspecified atom stereocenters. The van der Waals surface area contributed by atoms with Crippen molar-refractivity contribution >= 4 is 32.0 Å². The van der Waals surface area contributed by atoms with Gasteiger partial charge in [0.15, 0.2) is 5.82 Å². The number of sulfonamides is 1. The molecular formula is C18H14FN5O4S2. The van der Waals surface area contributed by atoms with Crippen molar-refractivity contribution in [1.82, 2.24) is 19.3 Å². The van der Waals surface area contributed by atoms with Crippen LogP contribution in [0.4, 0.5) is 10.1 Å². The minimum atomic E-state index is -3.82. The van der Waals surface area contributed by atoms with Crippen molar-refractivity contribution in [3.05, 3.63) is 75.5 Å². The summed E-state index contributed by atoms with van der Waals surface area (Å²) >= 11 is 1.32. The molecule has 4 rings (SSSR count). The zero-order valence-corrected chi connectivity index (χ0v) is 16.9. The van der Waals surface area contributed by atoms with Crippen LogP contribution >= 0.6 is 11.3 Å². The first kappa shape index (κ1) is 20.1. The average Bonchev–Trinajstić information content (AvgIpc) is 3.30. The summed E-state index contributed by atoms with van der Waals surface area (Å²) in [6.07, 6.45) is 0.326. The maximum Gasteiger partial charge on any atom is 0.269 e. The van der Waals surface area contributed by atoms with Crippen molar-refractivity contribution in [3.8, 4) is 11.4 Å². The molecule has 0 aliphatic heterocycles. The fraction of sp³-hybridized carbons (Fsp3) is 0.111. The first-order chi connectivity index (χ1) is 14.3. The van der Waals surface area contributed by atoms with Gasteiger partial charge in [-0.2, -0.15) is 4.98 Å². The van der Waals surface area contributed by atoms with E-state index in [1.807, 2.05) is 0 Å². The lowest BCUT2D eigenvalue weighted by molar-refractivity contribution is -0.384. The molecule has 12 heteroatoms. The summed E-state index contributed by atoms with van der Waals surface area (Å²) in [6.45, 7) is 0.0834. The van der Waals surface area contributed by atoms with Gasteiger partial charge in [0, 0.05) is 30.5 Å². The van der Waals surface area contributed by atoms with Gasteiger partial charge < -0.3 is 0 Å². The molecule has 0 spiro atoms. The number of nitrogens with zero attached hydrogens (tertiary/aromatic N) is 4. The molecule has 0 saturated carbocycles. The Labute approximate surface area is 174 Å². The summed E-state index contributed by atoms with van der Waals surface area (Å²) < 4.78 is 42.8. The van der Waals surface area contributed by atoms with E-state index in [0.717, 1.165) is 17.8 Å². The summed E-state index contributed by atoms with van der Waals surface area (Å²) in [5.74, 6) is -0.166. The second kappa shape index (κ2) is 7.89. The van der Waals surface area contributed by atoms with Gasteiger partial charge in [0.25, 0.3) is 5.69 Å². The van der Waals surface area contributed by atoms with Crippen LogP contribution in [0.15, 0.2) is 58.8 Å². The molecule has 0 aliphatic carbocycles. The number of aromatic nitrogens is 3. The third-order valence-corrected chi connectivity index (χ3v) is 6.64. The maximum atomic E-state index is 14.0. The number of benzene rings is 2. The predicted molar refractivity (Wildman–Crippen MR) is 108 cm³/mol. The van der Waals surface area contributed by atoms with Gasteiger partial charge in [0.05, 0.1) is 21.1 Å². The van der Waals surface area contributed by atoms with Crippen LogP contribution in [0.1, 0.15) is 5.69 Å². The lowest BCUT2D eigenvalue weighted by atomic mass is 10.2. The first-order valence-electron chi connectivity index (χ1n) is 8.67. The SMILES string of the molecule is O=[N+]([O-])c1ccc(S(=O)(=O)NCCc2csc3nc(-c4ccccc4F)nn23)cc1. The molecule has 0 atom stereocenters. The first-order valence-corrected chi connectivity index (χ1v) is 11.0. The van der Waals surface area contributed by atoms with Gasteiger partial charge in [-0.05, 0) is 24.3 Å². The molecule has 2 heterocycles. The summed E-state index contributed by atoms with van der Waals surface area (Å²) in [6, 6.07) is 10.8. The number of nitrogens with one attached hydrogen (secondary N) is 1. The lowest BCUT2D eigenvalue weighted by Crippen LogP contribution is -2.26. The van der Waals surface area contributed by atoms with Crippen LogP contribution in [0, 0.1) is 15.9 Å². The summed E-state index contributed by atoms with van der Waals surface area (Å²) in [4.78, 5) is 14.9. The minimum absolute atomic E-state index is 0.0637. The van der Waals surface area contributed by atoms with Gasteiger partial charge in [-0.1, -0.05) is 12.1 Å². The normalized spacial score (nSPS) is 11.8. The summed E-state index contributed by atoms with van der Waals surface area (Å²) in [5.41, 5.74) is 0.821. The van der Waals surface area contributed by atoms with Crippen LogP contribution in [-0.2, 0) is 16.4 Å². The highest BCUT2D eigenvalue weighted by Crippen LogP contribution is 2.23. The maximum absolute atomic E-state index is 14.0. The Morgan fingerprint density at radius 3 is 2.60 bits per heavy atom. The van der Waals surface area contributed by atoms with E-state index in [1.54, 1.807) is 28.1 Å². The van der Waals surface area contributed by atoms with Gasteiger partial charge in [-0.3, -0.25) is 10.1 Å². The van der Waals surface area contributed by atoms with Crippen LogP contribution in [0.5, 0.6) is 0 Å². The van der Waals surface area contributed by atoms with Gasteiger partial charge in [0.2, 0.25) is 15.0 Å². The number of fused-ring (bicyclic) bond motifs is 1. The van der Waals surface area contributed by atoms with E-state index in [1.165, 1.54) is 29.5 Å². The molecule has 0 fully saturated rings. The van der Waals surface area contributed by atoms with Crippen LogP contribution < -0.4 is 4.72 Å². The van der Waals surface area contributed by atoms with Gasteiger partial charge in [-0.15, -0.1) is 16.4 Å². The van der Waals surface area contributed by atoms with Crippen molar-refractivity contribution in [1.29, 1.82) is 0 Å². The number of hydrogen-bond acceptors (Lipinski definition) is 7. The van der Waals surface area contributed by atoms with Crippen molar-refractivity contribution in [2.75, 3.05) is 6.54 Å². The Morgan fingerprint density at radius 1 is 1.17 bits per heavy atom. The van der Waals surface area contributed by atoms with E-state index in [-0.39, 0.29) is 23.0 Å². The molecule has 0 aliphatic rings. The highest BCUT2D eigenvalue weighted by atomic mass is 32.2. The Balaban J connectivity index is 1.47. The van der Waals surface area contributed by atoms with E-state index >= 15 is 0 Å². The number of halogens is 1. The average molecular weight is 447 g/mol. The molecule has 154 valence electrons. The lowest BCUT2D eigenvalue weighted by Gasteiger charge is -2.06. The zero-order chi connectivity index (χ0) is 21.3. The van der Waals surface area contributed by atoms with E-state index in [0.29, 0.717) is 16.9 Å². The highest BCUT2D eigenvalue weighted by molar-refractivity contribution is 7.89. The van der Waals surface area contributed by atoms with E-state index in [9.17, 15) is 22.9 Å². The monoisotopic (exact) mass is 447 g/mol. The molecule has 2 aromatic carbocycles. The van der Waals surface area contributed by atoms with Crippen LogP contribution in [0.25, 0.3) is 16.3 Å². The van der Waals surface area contributed by atoms with Crippen molar-refractivity contribution in [3.63, 3.8) is 0 Å². The van der Waals surface area contributed by atoms with E-state index in [4.69, 9.17) is 0 Å². The number of nitro benzene ring substituents is 1. The van der Waals surface area contributed by atoms with Gasteiger partial charge in [0.1, 0.15) is 5.82 Å².